The standard InChI is InChI=1S/C36H31N3O7/c1-45-33(40)20-8-3-2-7-15-26-16-9-10-17-28(26)34(35(41)37-24-25-13-5-4-6-14-25)38-30-18-11-12-19-32(30)46-31-22-21-27(39(43)44)23-29(31)36(38)42/h4-6,9-14,16-19,21-23,34H,2-3,8,20,24H2,1H3,(H,37,41). The molecule has 1 unspecified atom stereocenters. The second-order valence-electron chi connectivity index (χ2n) is 10.5. The summed E-state index contributed by atoms with van der Waals surface area (Å²) in [5.41, 5.74) is 1.83. The number of esters is 1. The van der Waals surface area contributed by atoms with Crippen LogP contribution in [0.4, 0.5) is 11.4 Å². The van der Waals surface area contributed by atoms with E-state index < -0.39 is 22.8 Å². The van der Waals surface area contributed by atoms with Crippen molar-refractivity contribution < 1.29 is 28.8 Å². The number of benzene rings is 4. The average Bonchev–Trinajstić information content (AvgIpc) is 3.20. The van der Waals surface area contributed by atoms with E-state index >= 15 is 0 Å². The maximum absolute atomic E-state index is 14.5. The maximum atomic E-state index is 14.5. The van der Waals surface area contributed by atoms with Crippen LogP contribution in [0.25, 0.3) is 0 Å². The molecular formula is C36H31N3O7. The lowest BCUT2D eigenvalue weighted by Gasteiger charge is -2.31. The van der Waals surface area contributed by atoms with Gasteiger partial charge in [-0.15, -0.1) is 0 Å². The third kappa shape index (κ3) is 7.22. The van der Waals surface area contributed by atoms with Gasteiger partial charge in [0.25, 0.3) is 11.6 Å². The molecule has 5 rings (SSSR count). The van der Waals surface area contributed by atoms with Crippen LogP contribution in [0.3, 0.4) is 0 Å². The van der Waals surface area contributed by atoms with Gasteiger partial charge in [-0.2, -0.15) is 0 Å². The Kier molecular flexibility index (Phi) is 10.0. The van der Waals surface area contributed by atoms with Crippen LogP contribution in [0.15, 0.2) is 97.1 Å². The topological polar surface area (TPSA) is 128 Å². The molecule has 0 aromatic heterocycles. The SMILES string of the molecule is COC(=O)CCCCC#Cc1ccccc1C(C(=O)NCc1ccccc1)N1C(=O)c2cc([N+](=O)[O-])ccc2Oc2ccccc21. The highest BCUT2D eigenvalue weighted by molar-refractivity contribution is 6.13. The smallest absolute Gasteiger partial charge is 0.305 e. The van der Waals surface area contributed by atoms with Crippen LogP contribution in [-0.4, -0.2) is 29.8 Å². The minimum atomic E-state index is -1.23. The number of nitrogens with one attached hydrogen (secondary N) is 1. The molecule has 0 fully saturated rings. The number of non-ortho nitro benzene ring substituents is 1. The Bertz CT molecular complexity index is 1830. The normalized spacial score (nSPS) is 12.3. The molecule has 0 spiro atoms. The fourth-order valence-electron chi connectivity index (χ4n) is 5.12. The monoisotopic (exact) mass is 617 g/mol. The lowest BCUT2D eigenvalue weighted by molar-refractivity contribution is -0.384. The number of nitrogens with zero attached hydrogens (tertiary/aromatic N) is 2. The molecule has 4 aromatic rings. The van der Waals surface area contributed by atoms with Crippen molar-refractivity contribution in [3.05, 3.63) is 129 Å². The Morgan fingerprint density at radius 2 is 1.70 bits per heavy atom. The molecule has 1 N–H and O–H groups in total. The summed E-state index contributed by atoms with van der Waals surface area (Å²) >= 11 is 0. The van der Waals surface area contributed by atoms with E-state index in [1.54, 1.807) is 48.5 Å². The van der Waals surface area contributed by atoms with Crippen molar-refractivity contribution >= 4 is 29.2 Å². The molecule has 1 aliphatic heterocycles. The Morgan fingerprint density at radius 1 is 0.957 bits per heavy atom. The molecule has 1 aliphatic rings. The first-order valence-corrected chi connectivity index (χ1v) is 14.7. The molecule has 232 valence electrons. The molecule has 0 saturated heterocycles. The number of fused-ring (bicyclic) bond motifs is 2. The van der Waals surface area contributed by atoms with E-state index in [1.807, 2.05) is 30.3 Å². The molecule has 10 heteroatoms. The summed E-state index contributed by atoms with van der Waals surface area (Å²) in [6.45, 7) is 0.201. The molecule has 0 bridgehead atoms. The molecule has 1 atom stereocenters. The number of ether oxygens (including phenoxy) is 2. The molecule has 1 heterocycles. The summed E-state index contributed by atoms with van der Waals surface area (Å²) in [6.07, 6.45) is 2.11. The lowest BCUT2D eigenvalue weighted by Crippen LogP contribution is -2.44. The fourth-order valence-corrected chi connectivity index (χ4v) is 5.12. The summed E-state index contributed by atoms with van der Waals surface area (Å²) in [7, 11) is 1.35. The quantitative estimate of drug-likeness (QED) is 0.0708. The van der Waals surface area contributed by atoms with E-state index in [0.717, 1.165) is 11.6 Å². The summed E-state index contributed by atoms with van der Waals surface area (Å²) in [5.74, 6) is 5.32. The van der Waals surface area contributed by atoms with Crippen LogP contribution in [0.2, 0.25) is 0 Å². The Balaban J connectivity index is 1.59. The van der Waals surface area contributed by atoms with E-state index in [2.05, 4.69) is 17.2 Å². The van der Waals surface area contributed by atoms with Crippen LogP contribution < -0.4 is 15.0 Å². The highest BCUT2D eigenvalue weighted by Crippen LogP contribution is 2.44. The van der Waals surface area contributed by atoms with Gasteiger partial charge in [0.1, 0.15) is 11.8 Å². The van der Waals surface area contributed by atoms with Crippen LogP contribution in [0, 0.1) is 22.0 Å². The van der Waals surface area contributed by atoms with E-state index in [1.165, 1.54) is 24.1 Å². The number of methoxy groups -OCH3 is 1. The Labute approximate surface area is 266 Å². The van der Waals surface area contributed by atoms with Gasteiger partial charge < -0.3 is 14.8 Å². The highest BCUT2D eigenvalue weighted by atomic mass is 16.6. The van der Waals surface area contributed by atoms with E-state index in [0.29, 0.717) is 48.2 Å². The number of carbonyl (C=O) groups excluding carboxylic acids is 3. The molecule has 2 amide bonds. The number of carbonyl (C=O) groups is 3. The Hall–Kier alpha value is -5.95. The number of nitro benzene ring substituents is 1. The van der Waals surface area contributed by atoms with Crippen LogP contribution in [0.1, 0.15) is 58.8 Å². The first-order valence-electron chi connectivity index (χ1n) is 14.7. The van der Waals surface area contributed by atoms with Crippen molar-refractivity contribution in [1.29, 1.82) is 0 Å². The number of hydrogen-bond acceptors (Lipinski definition) is 7. The molecule has 10 nitrogen and oxygen atoms in total. The lowest BCUT2D eigenvalue weighted by atomic mass is 9.96. The molecule has 46 heavy (non-hydrogen) atoms. The third-order valence-electron chi connectivity index (χ3n) is 7.42. The fraction of sp³-hybridized carbons (Fsp3) is 0.194. The van der Waals surface area contributed by atoms with Gasteiger partial charge in [0.2, 0.25) is 5.91 Å². The van der Waals surface area contributed by atoms with Crippen molar-refractivity contribution in [2.45, 2.75) is 38.3 Å². The third-order valence-corrected chi connectivity index (χ3v) is 7.42. The number of amides is 2. The molecular weight excluding hydrogens is 586 g/mol. The minimum Gasteiger partial charge on any atom is -0.469 e. The van der Waals surface area contributed by atoms with Crippen molar-refractivity contribution in [2.75, 3.05) is 12.0 Å². The van der Waals surface area contributed by atoms with Gasteiger partial charge in [0, 0.05) is 42.6 Å². The van der Waals surface area contributed by atoms with Gasteiger partial charge in [-0.25, -0.2) is 0 Å². The summed E-state index contributed by atoms with van der Waals surface area (Å²) in [4.78, 5) is 52.6. The zero-order chi connectivity index (χ0) is 32.5. The Morgan fingerprint density at radius 3 is 2.48 bits per heavy atom. The van der Waals surface area contributed by atoms with E-state index in [-0.39, 0.29) is 29.5 Å². The second kappa shape index (κ2) is 14.7. The van der Waals surface area contributed by atoms with E-state index in [9.17, 15) is 24.5 Å². The number of para-hydroxylation sites is 2. The molecule has 0 saturated carbocycles. The first-order chi connectivity index (χ1) is 22.4. The zero-order valence-corrected chi connectivity index (χ0v) is 25.1. The summed E-state index contributed by atoms with van der Waals surface area (Å²) in [5, 5.41) is 14.6. The van der Waals surface area contributed by atoms with E-state index in [4.69, 9.17) is 9.47 Å². The summed E-state index contributed by atoms with van der Waals surface area (Å²) in [6, 6.07) is 25.8. The van der Waals surface area contributed by atoms with Crippen molar-refractivity contribution in [3.8, 4) is 23.3 Å². The molecule has 0 radical (unpaired) electrons. The minimum absolute atomic E-state index is 0.0552. The van der Waals surface area contributed by atoms with Gasteiger partial charge >= 0.3 is 5.97 Å². The number of nitro groups is 1. The molecule has 4 aromatic carbocycles. The number of rotatable bonds is 10. The van der Waals surface area contributed by atoms with Crippen LogP contribution >= 0.6 is 0 Å². The number of hydrogen-bond donors (Lipinski definition) is 1. The average molecular weight is 618 g/mol. The molecule has 0 aliphatic carbocycles. The van der Waals surface area contributed by atoms with Crippen molar-refractivity contribution in [2.24, 2.45) is 0 Å². The summed E-state index contributed by atoms with van der Waals surface area (Å²) < 4.78 is 10.8. The number of unbranched alkanes of at least 4 members (excludes halogenated alkanes) is 2. The first kappa shape index (κ1) is 31.5. The van der Waals surface area contributed by atoms with Crippen LogP contribution in [0.5, 0.6) is 11.5 Å². The van der Waals surface area contributed by atoms with Gasteiger partial charge in [-0.3, -0.25) is 29.4 Å². The predicted molar refractivity (Wildman–Crippen MR) is 171 cm³/mol. The van der Waals surface area contributed by atoms with Crippen LogP contribution in [-0.2, 0) is 20.9 Å². The number of anilines is 1. The largest absolute Gasteiger partial charge is 0.469 e. The van der Waals surface area contributed by atoms with Crippen molar-refractivity contribution in [1.82, 2.24) is 5.32 Å². The maximum Gasteiger partial charge on any atom is 0.305 e. The zero-order valence-electron chi connectivity index (χ0n) is 25.1. The highest BCUT2D eigenvalue weighted by Gasteiger charge is 2.39. The second-order valence-corrected chi connectivity index (χ2v) is 10.5. The van der Waals surface area contributed by atoms with Crippen molar-refractivity contribution in [3.63, 3.8) is 0 Å². The van der Waals surface area contributed by atoms with Gasteiger partial charge in [-0.1, -0.05) is 72.5 Å². The van der Waals surface area contributed by atoms with Gasteiger partial charge in [0.15, 0.2) is 5.75 Å². The predicted octanol–water partition coefficient (Wildman–Crippen LogP) is 6.49. The van der Waals surface area contributed by atoms with Gasteiger partial charge in [-0.05, 0) is 42.7 Å². The van der Waals surface area contributed by atoms with Gasteiger partial charge in [0.05, 0.1) is 23.3 Å².